The lowest BCUT2D eigenvalue weighted by molar-refractivity contribution is -0.127. The summed E-state index contributed by atoms with van der Waals surface area (Å²) >= 11 is 1.76. The molecule has 1 fully saturated rings. The fraction of sp³-hybridized carbons (Fsp3) is 0.355. The number of hydrogen-bond donors (Lipinski definition) is 0. The fourth-order valence-corrected chi connectivity index (χ4v) is 6.05. The third kappa shape index (κ3) is 6.71. The van der Waals surface area contributed by atoms with Gasteiger partial charge >= 0.3 is 0 Å². The number of carbonyl (C=O) groups excluding carboxylic acids is 1. The Morgan fingerprint density at radius 1 is 1.07 bits per heavy atom. The Kier molecular flexibility index (Phi) is 8.81. The number of para-hydroxylation sites is 1. The van der Waals surface area contributed by atoms with Gasteiger partial charge in [0.05, 0.1) is 11.4 Å². The number of piperidine rings is 1. The first-order valence-corrected chi connectivity index (χ1v) is 14.6. The van der Waals surface area contributed by atoms with Crippen LogP contribution in [0.25, 0.3) is 22.3 Å². The molecule has 0 unspecified atom stereocenters. The van der Waals surface area contributed by atoms with Gasteiger partial charge in [0, 0.05) is 47.6 Å². The molecule has 2 aromatic heterocycles. The number of ether oxygens (including phenoxy) is 1. The zero-order valence-corrected chi connectivity index (χ0v) is 24.3. The van der Waals surface area contributed by atoms with E-state index in [4.69, 9.17) is 9.84 Å². The summed E-state index contributed by atoms with van der Waals surface area (Å²) in [5, 5.41) is 6.38. The molecule has 0 atom stereocenters. The van der Waals surface area contributed by atoms with E-state index in [1.54, 1.807) is 18.1 Å². The summed E-state index contributed by atoms with van der Waals surface area (Å²) in [6.45, 7) is 6.46. The Hall–Kier alpha value is -3.69. The Morgan fingerprint density at radius 2 is 1.77 bits per heavy atom. The number of likely N-dealkylation sites (N-methyl/N-ethyl adjacent to an activating group) is 1. The number of hydrogen-bond acceptors (Lipinski definition) is 7. The summed E-state index contributed by atoms with van der Waals surface area (Å²) in [5.41, 5.74) is 2.65. The molecule has 4 aromatic rings. The first-order valence-electron chi connectivity index (χ1n) is 13.7. The first kappa shape index (κ1) is 27.9. The van der Waals surface area contributed by atoms with E-state index < -0.39 is 0 Å². The number of fused-ring (bicyclic) bond motifs is 1. The van der Waals surface area contributed by atoms with Crippen LogP contribution >= 0.6 is 11.8 Å². The molecule has 0 spiro atoms. The van der Waals surface area contributed by atoms with Crippen LogP contribution in [-0.2, 0) is 4.79 Å². The maximum Gasteiger partial charge on any atom is 0.247 e. The number of benzene rings is 2. The highest BCUT2D eigenvalue weighted by Gasteiger charge is 2.27. The van der Waals surface area contributed by atoms with Crippen LogP contribution in [0.4, 0.5) is 0 Å². The smallest absolute Gasteiger partial charge is 0.247 e. The van der Waals surface area contributed by atoms with Crippen LogP contribution in [0.1, 0.15) is 32.7 Å². The number of carbonyl (C=O) groups is 1. The second-order valence-electron chi connectivity index (χ2n) is 10.6. The molecule has 0 radical (unpaired) electrons. The van der Waals surface area contributed by atoms with Gasteiger partial charge in [0.25, 0.3) is 0 Å². The van der Waals surface area contributed by atoms with Crippen LogP contribution in [0.3, 0.4) is 0 Å². The van der Waals surface area contributed by atoms with Gasteiger partial charge in [0.1, 0.15) is 23.5 Å². The molecule has 8 nitrogen and oxygen atoms in total. The summed E-state index contributed by atoms with van der Waals surface area (Å²) in [5.74, 6) is 1.66. The summed E-state index contributed by atoms with van der Waals surface area (Å²) in [7, 11) is 4.06. The summed E-state index contributed by atoms with van der Waals surface area (Å²) < 4.78 is 7.99. The van der Waals surface area contributed by atoms with Crippen molar-refractivity contribution in [3.05, 3.63) is 78.1 Å². The molecule has 3 heterocycles. The zero-order valence-electron chi connectivity index (χ0n) is 23.5. The molecule has 2 aromatic carbocycles. The Balaban J connectivity index is 1.31. The molecule has 0 aliphatic carbocycles. The van der Waals surface area contributed by atoms with E-state index in [2.05, 4.69) is 28.7 Å². The molecular formula is C31H36N6O2S. The average molecular weight is 557 g/mol. The molecule has 1 aliphatic heterocycles. The van der Waals surface area contributed by atoms with E-state index in [-0.39, 0.29) is 11.9 Å². The van der Waals surface area contributed by atoms with Crippen molar-refractivity contribution < 1.29 is 9.53 Å². The highest BCUT2D eigenvalue weighted by atomic mass is 32.2. The molecule has 1 saturated heterocycles. The minimum absolute atomic E-state index is 0.0922. The summed E-state index contributed by atoms with van der Waals surface area (Å²) in [4.78, 5) is 27.2. The van der Waals surface area contributed by atoms with E-state index in [1.165, 1.54) is 0 Å². The van der Waals surface area contributed by atoms with Gasteiger partial charge in [-0.3, -0.25) is 4.79 Å². The van der Waals surface area contributed by atoms with Crippen LogP contribution in [0.15, 0.2) is 78.1 Å². The minimum atomic E-state index is 0.0922. The molecule has 0 bridgehead atoms. The number of nitrogens with zero attached hydrogens (tertiary/aromatic N) is 6. The van der Waals surface area contributed by atoms with Gasteiger partial charge in [-0.25, -0.2) is 14.6 Å². The van der Waals surface area contributed by atoms with Gasteiger partial charge in [-0.2, -0.15) is 5.10 Å². The number of thioether (sulfide) groups is 1. The quantitative estimate of drug-likeness (QED) is 0.233. The lowest BCUT2D eigenvalue weighted by atomic mass is 10.1. The number of likely N-dealkylation sites (tertiary alicyclic amines) is 1. The largest absolute Gasteiger partial charge is 0.457 e. The Bertz CT molecular complexity index is 1450. The van der Waals surface area contributed by atoms with Gasteiger partial charge in [-0.05, 0) is 63.3 Å². The zero-order chi connectivity index (χ0) is 28.1. The summed E-state index contributed by atoms with van der Waals surface area (Å²) in [6, 6.07) is 17.8. The fourth-order valence-electron chi connectivity index (χ4n) is 4.95. The number of aromatic nitrogens is 4. The lowest BCUT2D eigenvalue weighted by Crippen LogP contribution is -2.38. The molecule has 0 saturated carbocycles. The van der Waals surface area contributed by atoms with Crippen molar-refractivity contribution >= 4 is 28.7 Å². The monoisotopic (exact) mass is 556 g/mol. The topological polar surface area (TPSA) is 76.4 Å². The number of rotatable bonds is 9. The molecule has 1 aliphatic rings. The van der Waals surface area contributed by atoms with E-state index in [0.29, 0.717) is 18.3 Å². The second-order valence-corrected chi connectivity index (χ2v) is 12.3. The van der Waals surface area contributed by atoms with Gasteiger partial charge in [0.15, 0.2) is 5.65 Å². The van der Waals surface area contributed by atoms with Crippen molar-refractivity contribution in [2.75, 3.05) is 33.7 Å². The molecule has 1 amide bonds. The van der Waals surface area contributed by atoms with Gasteiger partial charge in [-0.15, -0.1) is 11.8 Å². The van der Waals surface area contributed by atoms with Gasteiger partial charge in [-0.1, -0.05) is 32.0 Å². The van der Waals surface area contributed by atoms with Crippen molar-refractivity contribution in [1.29, 1.82) is 0 Å². The standard InChI is InChI=1S/C31H36N6O2S/c1-22(2)40-27(20-35(3)4)18-29(38)36-16-14-24(15-17-36)37-31-28(19-32-21-33-31)30(34-37)23-10-12-26(13-11-23)39-25-8-6-5-7-9-25/h5-13,18-19,21-22,24H,14-17,20H2,1-4H3/b27-18-. The van der Waals surface area contributed by atoms with Crippen molar-refractivity contribution in [1.82, 2.24) is 29.5 Å². The Morgan fingerprint density at radius 3 is 2.45 bits per heavy atom. The van der Waals surface area contributed by atoms with Crippen LogP contribution in [-0.4, -0.2) is 74.4 Å². The van der Waals surface area contributed by atoms with E-state index in [0.717, 1.165) is 58.1 Å². The molecule has 0 N–H and O–H groups in total. The van der Waals surface area contributed by atoms with Gasteiger partial charge in [0.2, 0.25) is 5.91 Å². The minimum Gasteiger partial charge on any atom is -0.457 e. The van der Waals surface area contributed by atoms with Crippen LogP contribution in [0.5, 0.6) is 11.5 Å². The van der Waals surface area contributed by atoms with E-state index in [9.17, 15) is 4.79 Å². The van der Waals surface area contributed by atoms with E-state index >= 15 is 0 Å². The molecule has 5 rings (SSSR count). The SMILES string of the molecule is CC(C)S/C(=C\C(=O)N1CCC(n2nc(-c3ccc(Oc4ccccc4)cc3)c3cncnc32)CC1)CN(C)C. The van der Waals surface area contributed by atoms with Gasteiger partial charge < -0.3 is 14.5 Å². The van der Waals surface area contributed by atoms with Crippen molar-refractivity contribution in [2.24, 2.45) is 0 Å². The lowest BCUT2D eigenvalue weighted by Gasteiger charge is -2.32. The normalized spacial score (nSPS) is 14.8. The highest BCUT2D eigenvalue weighted by Crippen LogP contribution is 2.33. The Labute approximate surface area is 240 Å². The first-order chi connectivity index (χ1) is 19.4. The maximum absolute atomic E-state index is 13.1. The van der Waals surface area contributed by atoms with Crippen LogP contribution < -0.4 is 4.74 Å². The third-order valence-electron chi connectivity index (χ3n) is 6.74. The number of amides is 1. The van der Waals surface area contributed by atoms with Crippen molar-refractivity contribution in [3.63, 3.8) is 0 Å². The second kappa shape index (κ2) is 12.7. The predicted octanol–water partition coefficient (Wildman–Crippen LogP) is 6.04. The van der Waals surface area contributed by atoms with Crippen molar-refractivity contribution in [3.8, 4) is 22.8 Å². The molecule has 40 heavy (non-hydrogen) atoms. The maximum atomic E-state index is 13.1. The summed E-state index contributed by atoms with van der Waals surface area (Å²) in [6.07, 6.45) is 6.87. The third-order valence-corrected chi connectivity index (χ3v) is 7.76. The molecular weight excluding hydrogens is 520 g/mol. The van der Waals surface area contributed by atoms with Crippen LogP contribution in [0.2, 0.25) is 0 Å². The predicted molar refractivity (Wildman–Crippen MR) is 161 cm³/mol. The molecule has 208 valence electrons. The highest BCUT2D eigenvalue weighted by molar-refractivity contribution is 8.03. The average Bonchev–Trinajstić information content (AvgIpc) is 3.33. The van der Waals surface area contributed by atoms with Crippen molar-refractivity contribution in [2.45, 2.75) is 38.0 Å². The van der Waals surface area contributed by atoms with Crippen LogP contribution in [0, 0.1) is 0 Å². The molecule has 9 heteroatoms. The van der Waals surface area contributed by atoms with E-state index in [1.807, 2.05) is 90.5 Å².